The summed E-state index contributed by atoms with van der Waals surface area (Å²) in [4.78, 5) is 10.2. The average Bonchev–Trinajstić information content (AvgIpc) is 2.40. The Bertz CT molecular complexity index is 397. The minimum atomic E-state index is 0.481. The van der Waals surface area contributed by atoms with Crippen molar-refractivity contribution in [1.82, 2.24) is 14.9 Å². The maximum Gasteiger partial charge on any atom is 0.147 e. The molecule has 0 amide bonds. The Morgan fingerprint density at radius 1 is 1.47 bits per heavy atom. The molecule has 0 bridgehead atoms. The number of hydrogen-bond acceptors (Lipinski definition) is 6. The van der Waals surface area contributed by atoms with Gasteiger partial charge in [0.15, 0.2) is 0 Å². The van der Waals surface area contributed by atoms with Crippen molar-refractivity contribution < 1.29 is 4.74 Å². The SMILES string of the molecule is N#Cc1cncnc1NCCN1CCOCC1. The van der Waals surface area contributed by atoms with E-state index in [9.17, 15) is 0 Å². The van der Waals surface area contributed by atoms with E-state index in [4.69, 9.17) is 10.00 Å². The van der Waals surface area contributed by atoms with E-state index in [2.05, 4.69) is 26.3 Å². The highest BCUT2D eigenvalue weighted by molar-refractivity contribution is 5.49. The summed E-state index contributed by atoms with van der Waals surface area (Å²) in [7, 11) is 0. The highest BCUT2D eigenvalue weighted by Gasteiger charge is 2.09. The molecule has 1 aliphatic heterocycles. The molecule has 1 fully saturated rings. The lowest BCUT2D eigenvalue weighted by Gasteiger charge is -2.26. The largest absolute Gasteiger partial charge is 0.379 e. The van der Waals surface area contributed by atoms with Gasteiger partial charge in [0.2, 0.25) is 0 Å². The lowest BCUT2D eigenvalue weighted by atomic mass is 10.3. The number of nitrogens with zero attached hydrogens (tertiary/aromatic N) is 4. The lowest BCUT2D eigenvalue weighted by molar-refractivity contribution is 0.0398. The zero-order valence-electron chi connectivity index (χ0n) is 9.59. The van der Waals surface area contributed by atoms with E-state index in [1.54, 1.807) is 0 Å². The summed E-state index contributed by atoms with van der Waals surface area (Å²) in [5.41, 5.74) is 0.481. The van der Waals surface area contributed by atoms with Crippen molar-refractivity contribution in [2.45, 2.75) is 0 Å². The third-order valence-corrected chi connectivity index (χ3v) is 2.66. The van der Waals surface area contributed by atoms with Crippen LogP contribution in [0.25, 0.3) is 0 Å². The second-order valence-corrected chi connectivity index (χ2v) is 3.78. The Morgan fingerprint density at radius 2 is 2.29 bits per heavy atom. The smallest absolute Gasteiger partial charge is 0.147 e. The van der Waals surface area contributed by atoms with E-state index in [0.717, 1.165) is 39.4 Å². The summed E-state index contributed by atoms with van der Waals surface area (Å²) >= 11 is 0. The molecule has 6 nitrogen and oxygen atoms in total. The van der Waals surface area contributed by atoms with Gasteiger partial charge in [0, 0.05) is 26.2 Å². The highest BCUT2D eigenvalue weighted by Crippen LogP contribution is 2.07. The maximum absolute atomic E-state index is 8.87. The first kappa shape index (κ1) is 11.8. The van der Waals surface area contributed by atoms with Crippen molar-refractivity contribution in [2.24, 2.45) is 0 Å². The van der Waals surface area contributed by atoms with Crippen LogP contribution in [0.4, 0.5) is 5.82 Å². The van der Waals surface area contributed by atoms with E-state index in [1.165, 1.54) is 12.5 Å². The van der Waals surface area contributed by atoms with Gasteiger partial charge in [-0.15, -0.1) is 0 Å². The van der Waals surface area contributed by atoms with Gasteiger partial charge in [-0.3, -0.25) is 4.90 Å². The van der Waals surface area contributed by atoms with Gasteiger partial charge in [0.25, 0.3) is 0 Å². The second kappa shape index (κ2) is 6.13. The predicted molar refractivity (Wildman–Crippen MR) is 62.5 cm³/mol. The quantitative estimate of drug-likeness (QED) is 0.794. The van der Waals surface area contributed by atoms with Crippen LogP contribution in [0.3, 0.4) is 0 Å². The number of morpholine rings is 1. The second-order valence-electron chi connectivity index (χ2n) is 3.78. The molecule has 1 aromatic heterocycles. The Morgan fingerprint density at radius 3 is 3.06 bits per heavy atom. The summed E-state index contributed by atoms with van der Waals surface area (Å²) in [5.74, 6) is 0.607. The molecule has 0 radical (unpaired) electrons. The molecule has 2 heterocycles. The highest BCUT2D eigenvalue weighted by atomic mass is 16.5. The van der Waals surface area contributed by atoms with Crippen LogP contribution in [0.5, 0.6) is 0 Å². The van der Waals surface area contributed by atoms with Crippen LogP contribution in [-0.2, 0) is 4.74 Å². The van der Waals surface area contributed by atoms with Crippen LogP contribution in [0.15, 0.2) is 12.5 Å². The first-order valence-electron chi connectivity index (χ1n) is 5.64. The summed E-state index contributed by atoms with van der Waals surface area (Å²) in [6.07, 6.45) is 2.96. The average molecular weight is 233 g/mol. The summed E-state index contributed by atoms with van der Waals surface area (Å²) in [6, 6.07) is 2.06. The Kier molecular flexibility index (Phi) is 4.24. The Balaban J connectivity index is 1.79. The van der Waals surface area contributed by atoms with Crippen LogP contribution < -0.4 is 5.32 Å². The van der Waals surface area contributed by atoms with Crippen LogP contribution in [-0.4, -0.2) is 54.3 Å². The Labute approximate surface area is 100 Å². The van der Waals surface area contributed by atoms with Crippen LogP contribution in [0.1, 0.15) is 5.56 Å². The van der Waals surface area contributed by atoms with Crippen molar-refractivity contribution in [3.8, 4) is 6.07 Å². The predicted octanol–water partition coefficient (Wildman–Crippen LogP) is 0.0924. The van der Waals surface area contributed by atoms with Gasteiger partial charge in [-0.05, 0) is 0 Å². The van der Waals surface area contributed by atoms with Gasteiger partial charge in [-0.25, -0.2) is 9.97 Å². The van der Waals surface area contributed by atoms with Gasteiger partial charge in [0.1, 0.15) is 23.8 Å². The van der Waals surface area contributed by atoms with Gasteiger partial charge in [-0.1, -0.05) is 0 Å². The molecule has 0 unspecified atom stereocenters. The van der Waals surface area contributed by atoms with Gasteiger partial charge >= 0.3 is 0 Å². The molecule has 90 valence electrons. The number of aromatic nitrogens is 2. The summed E-state index contributed by atoms with van der Waals surface area (Å²) < 4.78 is 5.28. The van der Waals surface area contributed by atoms with Crippen LogP contribution in [0, 0.1) is 11.3 Å². The molecule has 0 saturated carbocycles. The lowest BCUT2D eigenvalue weighted by Crippen LogP contribution is -2.39. The fourth-order valence-electron chi connectivity index (χ4n) is 1.71. The fraction of sp³-hybridized carbons (Fsp3) is 0.545. The van der Waals surface area contributed by atoms with Gasteiger partial charge in [-0.2, -0.15) is 5.26 Å². The molecule has 0 atom stereocenters. The van der Waals surface area contributed by atoms with Crippen molar-refractivity contribution in [1.29, 1.82) is 5.26 Å². The topological polar surface area (TPSA) is 74.1 Å². The number of anilines is 1. The van der Waals surface area contributed by atoms with Crippen molar-refractivity contribution in [2.75, 3.05) is 44.7 Å². The standard InChI is InChI=1S/C11H15N5O/c12-7-10-8-13-9-15-11(10)14-1-2-16-3-5-17-6-4-16/h8-9H,1-6H2,(H,13,14,15). The van der Waals surface area contributed by atoms with E-state index in [0.29, 0.717) is 11.4 Å². The molecule has 6 heteroatoms. The van der Waals surface area contributed by atoms with Gasteiger partial charge in [0.05, 0.1) is 19.4 Å². The summed E-state index contributed by atoms with van der Waals surface area (Å²) in [5, 5.41) is 12.0. The van der Waals surface area contributed by atoms with Crippen molar-refractivity contribution in [3.05, 3.63) is 18.1 Å². The Hall–Kier alpha value is -1.71. The monoisotopic (exact) mass is 233 g/mol. The third kappa shape index (κ3) is 3.37. The molecule has 1 aromatic rings. The van der Waals surface area contributed by atoms with Crippen LogP contribution in [0.2, 0.25) is 0 Å². The summed E-state index contributed by atoms with van der Waals surface area (Å²) in [6.45, 7) is 5.24. The van der Waals surface area contributed by atoms with Crippen molar-refractivity contribution >= 4 is 5.82 Å². The number of nitrogens with one attached hydrogen (secondary N) is 1. The van der Waals surface area contributed by atoms with Crippen molar-refractivity contribution in [3.63, 3.8) is 0 Å². The first-order chi connectivity index (χ1) is 8.40. The third-order valence-electron chi connectivity index (χ3n) is 2.66. The van der Waals surface area contributed by atoms with E-state index >= 15 is 0 Å². The van der Waals surface area contributed by atoms with E-state index in [1.807, 2.05) is 0 Å². The molecule has 0 spiro atoms. The first-order valence-corrected chi connectivity index (χ1v) is 5.64. The number of hydrogen-bond donors (Lipinski definition) is 1. The minimum absolute atomic E-state index is 0.481. The zero-order chi connectivity index (χ0) is 11.9. The molecule has 2 rings (SSSR count). The minimum Gasteiger partial charge on any atom is -0.379 e. The van der Waals surface area contributed by atoms with E-state index in [-0.39, 0.29) is 0 Å². The molecule has 1 N–H and O–H groups in total. The zero-order valence-corrected chi connectivity index (χ0v) is 9.59. The molecular formula is C11H15N5O. The maximum atomic E-state index is 8.87. The molecule has 0 aliphatic carbocycles. The number of ether oxygens (including phenoxy) is 1. The molecule has 1 saturated heterocycles. The molecule has 1 aliphatic rings. The van der Waals surface area contributed by atoms with Crippen LogP contribution >= 0.6 is 0 Å². The van der Waals surface area contributed by atoms with Gasteiger partial charge < -0.3 is 10.1 Å². The van der Waals surface area contributed by atoms with E-state index < -0.39 is 0 Å². The normalized spacial score (nSPS) is 16.4. The number of rotatable bonds is 4. The molecule has 0 aromatic carbocycles. The molecule has 17 heavy (non-hydrogen) atoms. The fourth-order valence-corrected chi connectivity index (χ4v) is 1.71. The molecular weight excluding hydrogens is 218 g/mol. The number of nitriles is 1.